The van der Waals surface area contributed by atoms with Crippen molar-refractivity contribution < 1.29 is 9.90 Å². The second-order valence-corrected chi connectivity index (χ2v) is 6.51. The second kappa shape index (κ2) is 9.23. The summed E-state index contributed by atoms with van der Waals surface area (Å²) in [5.41, 5.74) is 4.48. The van der Waals surface area contributed by atoms with Gasteiger partial charge in [0.25, 0.3) is 0 Å². The topological polar surface area (TPSA) is 61.4 Å². The maximum absolute atomic E-state index is 12.0. The molecule has 2 aromatic rings. The molecule has 0 radical (unpaired) electrons. The third-order valence-electron chi connectivity index (χ3n) is 4.32. The molecule has 25 heavy (non-hydrogen) atoms. The number of hydrogen-bond acceptors (Lipinski definition) is 3. The van der Waals surface area contributed by atoms with Crippen molar-refractivity contribution in [2.45, 2.75) is 45.7 Å². The lowest BCUT2D eigenvalue weighted by Crippen LogP contribution is -2.37. The smallest absolute Gasteiger partial charge is 0.224 e. The molecule has 0 spiro atoms. The lowest BCUT2D eigenvalue weighted by Gasteiger charge is -2.17. The summed E-state index contributed by atoms with van der Waals surface area (Å²) in [6, 6.07) is 16.4. The fraction of sp³-hybridized carbons (Fsp3) is 0.381. The summed E-state index contributed by atoms with van der Waals surface area (Å²) in [7, 11) is 0. The third-order valence-corrected chi connectivity index (χ3v) is 4.32. The number of anilines is 1. The minimum Gasteiger partial charge on any atom is -0.394 e. The predicted octanol–water partition coefficient (Wildman–Crippen LogP) is 3.60. The molecule has 0 aliphatic heterocycles. The van der Waals surface area contributed by atoms with E-state index in [1.165, 1.54) is 11.1 Å². The molecule has 0 aliphatic carbocycles. The number of carbonyl (C=O) groups excluding carboxylic acids is 1. The summed E-state index contributed by atoms with van der Waals surface area (Å²) in [5.74, 6) is -0.0604. The number of benzene rings is 2. The van der Waals surface area contributed by atoms with E-state index in [4.69, 9.17) is 5.11 Å². The number of hydrogen-bond donors (Lipinski definition) is 3. The van der Waals surface area contributed by atoms with Crippen LogP contribution >= 0.6 is 0 Å². The molecule has 2 atom stereocenters. The first kappa shape index (κ1) is 19.0. The molecule has 2 aromatic carbocycles. The minimum atomic E-state index is -0.163. The summed E-state index contributed by atoms with van der Waals surface area (Å²) in [6.45, 7) is 6.14. The number of aliphatic hydroxyl groups is 1. The maximum atomic E-state index is 12.0. The highest BCUT2D eigenvalue weighted by molar-refractivity contribution is 5.79. The molecule has 1 amide bonds. The van der Waals surface area contributed by atoms with Crippen molar-refractivity contribution in [1.82, 2.24) is 5.32 Å². The minimum absolute atomic E-state index is 0.0258. The van der Waals surface area contributed by atoms with E-state index >= 15 is 0 Å². The summed E-state index contributed by atoms with van der Waals surface area (Å²) in [6.07, 6.45) is 1.05. The van der Waals surface area contributed by atoms with Crippen molar-refractivity contribution in [1.29, 1.82) is 0 Å². The lowest BCUT2D eigenvalue weighted by molar-refractivity contribution is -0.121. The van der Waals surface area contributed by atoms with E-state index in [0.29, 0.717) is 6.42 Å². The first-order valence-electron chi connectivity index (χ1n) is 8.84. The Hall–Kier alpha value is -2.33. The fourth-order valence-corrected chi connectivity index (χ4v) is 2.73. The zero-order chi connectivity index (χ0) is 18.2. The monoisotopic (exact) mass is 340 g/mol. The van der Waals surface area contributed by atoms with Gasteiger partial charge in [-0.15, -0.1) is 0 Å². The van der Waals surface area contributed by atoms with E-state index in [9.17, 15) is 4.79 Å². The van der Waals surface area contributed by atoms with E-state index in [-0.39, 0.29) is 24.6 Å². The SMILES string of the molecule is CCC(CO)NC(=O)Cc1ccc(NC(C)c2cccc(C)c2)cc1. The van der Waals surface area contributed by atoms with Crippen LogP contribution in [0.1, 0.15) is 43.0 Å². The highest BCUT2D eigenvalue weighted by atomic mass is 16.3. The molecule has 0 saturated carbocycles. The zero-order valence-electron chi connectivity index (χ0n) is 15.3. The molecule has 0 aromatic heterocycles. The number of rotatable bonds is 8. The molecule has 0 aliphatic rings. The Morgan fingerprint density at radius 3 is 2.48 bits per heavy atom. The van der Waals surface area contributed by atoms with Gasteiger partial charge in [0, 0.05) is 11.7 Å². The van der Waals surface area contributed by atoms with Gasteiger partial charge in [-0.3, -0.25) is 4.79 Å². The van der Waals surface area contributed by atoms with Crippen LogP contribution < -0.4 is 10.6 Å². The van der Waals surface area contributed by atoms with E-state index in [0.717, 1.165) is 17.7 Å². The van der Waals surface area contributed by atoms with Gasteiger partial charge < -0.3 is 15.7 Å². The van der Waals surface area contributed by atoms with E-state index in [1.54, 1.807) is 0 Å². The Morgan fingerprint density at radius 2 is 1.88 bits per heavy atom. The van der Waals surface area contributed by atoms with Gasteiger partial charge in [0.2, 0.25) is 5.91 Å². The Balaban J connectivity index is 1.92. The van der Waals surface area contributed by atoms with Crippen LogP contribution in [0.4, 0.5) is 5.69 Å². The fourth-order valence-electron chi connectivity index (χ4n) is 2.73. The molecule has 0 heterocycles. The Labute approximate surface area is 150 Å². The van der Waals surface area contributed by atoms with Crippen molar-refractivity contribution in [3.63, 3.8) is 0 Å². The van der Waals surface area contributed by atoms with Gasteiger partial charge in [0.05, 0.1) is 19.1 Å². The lowest BCUT2D eigenvalue weighted by atomic mass is 10.1. The molecule has 0 bridgehead atoms. The van der Waals surface area contributed by atoms with Crippen molar-refractivity contribution >= 4 is 11.6 Å². The van der Waals surface area contributed by atoms with Crippen LogP contribution in [0.5, 0.6) is 0 Å². The highest BCUT2D eigenvalue weighted by Gasteiger charge is 2.10. The molecule has 4 nitrogen and oxygen atoms in total. The number of aliphatic hydroxyl groups excluding tert-OH is 1. The second-order valence-electron chi connectivity index (χ2n) is 6.51. The van der Waals surface area contributed by atoms with E-state index in [2.05, 4.69) is 48.7 Å². The predicted molar refractivity (Wildman–Crippen MR) is 103 cm³/mol. The largest absolute Gasteiger partial charge is 0.394 e. The first-order chi connectivity index (χ1) is 12.0. The van der Waals surface area contributed by atoms with Gasteiger partial charge in [-0.1, -0.05) is 48.9 Å². The molecule has 3 N–H and O–H groups in total. The first-order valence-corrected chi connectivity index (χ1v) is 8.84. The van der Waals surface area contributed by atoms with Crippen LogP contribution in [0.3, 0.4) is 0 Å². The van der Waals surface area contributed by atoms with Crippen molar-refractivity contribution in [3.05, 3.63) is 65.2 Å². The van der Waals surface area contributed by atoms with Gasteiger partial charge >= 0.3 is 0 Å². The molecule has 0 fully saturated rings. The standard InChI is InChI=1S/C21H28N2O2/c1-4-19(14-24)23-21(25)13-17-8-10-20(11-9-17)22-16(3)18-7-5-6-15(2)12-18/h5-12,16,19,22,24H,4,13-14H2,1-3H3,(H,23,25). The van der Waals surface area contributed by atoms with Crippen LogP contribution in [-0.2, 0) is 11.2 Å². The quantitative estimate of drug-likeness (QED) is 0.688. The van der Waals surface area contributed by atoms with E-state index in [1.807, 2.05) is 31.2 Å². The highest BCUT2D eigenvalue weighted by Crippen LogP contribution is 2.20. The number of amides is 1. The summed E-state index contributed by atoms with van der Waals surface area (Å²) in [5, 5.41) is 15.5. The number of aryl methyl sites for hydroxylation is 1. The van der Waals surface area contributed by atoms with Gasteiger partial charge in [0.1, 0.15) is 0 Å². The van der Waals surface area contributed by atoms with Gasteiger partial charge in [-0.25, -0.2) is 0 Å². The molecular weight excluding hydrogens is 312 g/mol. The van der Waals surface area contributed by atoms with E-state index < -0.39 is 0 Å². The van der Waals surface area contributed by atoms with Gasteiger partial charge in [-0.05, 0) is 43.5 Å². The van der Waals surface area contributed by atoms with Gasteiger partial charge in [-0.2, -0.15) is 0 Å². The van der Waals surface area contributed by atoms with Crippen LogP contribution in [0.25, 0.3) is 0 Å². The maximum Gasteiger partial charge on any atom is 0.224 e. The van der Waals surface area contributed by atoms with Crippen molar-refractivity contribution in [2.24, 2.45) is 0 Å². The zero-order valence-corrected chi connectivity index (χ0v) is 15.3. The molecular formula is C21H28N2O2. The summed E-state index contributed by atoms with van der Waals surface area (Å²) in [4.78, 5) is 12.0. The van der Waals surface area contributed by atoms with Crippen LogP contribution in [-0.4, -0.2) is 23.7 Å². The Kier molecular flexibility index (Phi) is 7.02. The molecule has 2 unspecified atom stereocenters. The third kappa shape index (κ3) is 5.91. The van der Waals surface area contributed by atoms with Gasteiger partial charge in [0.15, 0.2) is 0 Å². The number of nitrogens with one attached hydrogen (secondary N) is 2. The van der Waals surface area contributed by atoms with Crippen molar-refractivity contribution in [2.75, 3.05) is 11.9 Å². The normalized spacial score (nSPS) is 13.1. The molecule has 2 rings (SSSR count). The van der Waals surface area contributed by atoms with Crippen LogP contribution in [0.15, 0.2) is 48.5 Å². The summed E-state index contributed by atoms with van der Waals surface area (Å²) >= 11 is 0. The van der Waals surface area contributed by atoms with Crippen LogP contribution in [0.2, 0.25) is 0 Å². The molecule has 4 heteroatoms. The average molecular weight is 340 g/mol. The Morgan fingerprint density at radius 1 is 1.16 bits per heavy atom. The average Bonchev–Trinajstić information content (AvgIpc) is 2.61. The number of carbonyl (C=O) groups is 1. The molecule has 134 valence electrons. The Bertz CT molecular complexity index is 679. The molecule has 0 saturated heterocycles. The summed E-state index contributed by atoms with van der Waals surface area (Å²) < 4.78 is 0. The van der Waals surface area contributed by atoms with Crippen LogP contribution in [0, 0.1) is 6.92 Å². The van der Waals surface area contributed by atoms with Crippen molar-refractivity contribution in [3.8, 4) is 0 Å².